The smallest absolute Gasteiger partial charge is 0.287 e. The number of aryl methyl sites for hydroxylation is 1. The van der Waals surface area contributed by atoms with E-state index in [1.807, 2.05) is 34.2 Å². The van der Waals surface area contributed by atoms with E-state index in [9.17, 15) is 9.18 Å². The van der Waals surface area contributed by atoms with Crippen molar-refractivity contribution >= 4 is 17.2 Å². The predicted octanol–water partition coefficient (Wildman–Crippen LogP) is 5.82. The molecule has 1 aromatic carbocycles. The summed E-state index contributed by atoms with van der Waals surface area (Å²) in [6.07, 6.45) is 0.718. The zero-order chi connectivity index (χ0) is 24.7. The van der Waals surface area contributed by atoms with Crippen LogP contribution in [0.4, 0.5) is 4.39 Å². The van der Waals surface area contributed by atoms with Crippen molar-refractivity contribution in [3.05, 3.63) is 65.2 Å². The molecule has 6 nitrogen and oxygen atoms in total. The highest BCUT2D eigenvalue weighted by Gasteiger charge is 2.30. The van der Waals surface area contributed by atoms with Gasteiger partial charge in [0.05, 0.1) is 23.4 Å². The predicted molar refractivity (Wildman–Crippen MR) is 136 cm³/mol. The van der Waals surface area contributed by atoms with Gasteiger partial charge in [0.2, 0.25) is 5.95 Å². The Bertz CT molecular complexity index is 1400. The molecule has 35 heavy (non-hydrogen) atoms. The molecule has 4 aromatic rings. The lowest BCUT2D eigenvalue weighted by Gasteiger charge is -2.23. The van der Waals surface area contributed by atoms with Crippen molar-refractivity contribution < 1.29 is 13.9 Å². The van der Waals surface area contributed by atoms with E-state index in [0.29, 0.717) is 35.9 Å². The average molecular weight is 491 g/mol. The summed E-state index contributed by atoms with van der Waals surface area (Å²) in [6, 6.07) is 12.7. The molecule has 1 amide bonds. The third-order valence-corrected chi connectivity index (χ3v) is 6.86. The lowest BCUT2D eigenvalue weighted by Crippen LogP contribution is -2.34. The molecule has 0 saturated carbocycles. The van der Waals surface area contributed by atoms with Crippen LogP contribution in [0.25, 0.3) is 33.1 Å². The molecule has 1 N–H and O–H groups in total. The summed E-state index contributed by atoms with van der Waals surface area (Å²) in [5.74, 6) is 0.299. The first-order valence-corrected chi connectivity index (χ1v) is 12.4. The SMILES string of the molecule is COc1cc2c(cc1-c1cccc(F)n1)-c1c(-c3cccs3)nc(C(=O)NCC(C)(C)C)n1CC2. The van der Waals surface area contributed by atoms with Crippen molar-refractivity contribution in [2.75, 3.05) is 13.7 Å². The van der Waals surface area contributed by atoms with Gasteiger partial charge in [0.1, 0.15) is 11.4 Å². The van der Waals surface area contributed by atoms with Crippen LogP contribution in [0, 0.1) is 11.4 Å². The summed E-state index contributed by atoms with van der Waals surface area (Å²) in [5.41, 5.74) is 4.83. The molecule has 0 fully saturated rings. The number of hydrogen-bond donors (Lipinski definition) is 1. The molecule has 4 heterocycles. The summed E-state index contributed by atoms with van der Waals surface area (Å²) in [7, 11) is 1.60. The maximum atomic E-state index is 14.0. The van der Waals surface area contributed by atoms with Crippen LogP contribution in [-0.2, 0) is 13.0 Å². The Kier molecular flexibility index (Phi) is 5.92. The first-order chi connectivity index (χ1) is 16.7. The van der Waals surface area contributed by atoms with Crippen molar-refractivity contribution in [2.45, 2.75) is 33.7 Å². The van der Waals surface area contributed by atoms with Gasteiger partial charge in [-0.25, -0.2) is 9.97 Å². The van der Waals surface area contributed by atoms with E-state index in [4.69, 9.17) is 9.72 Å². The Morgan fingerprint density at radius 1 is 1.17 bits per heavy atom. The molecular formula is C27H27FN4O2S. The standard InChI is InChI=1S/C27H27FN4O2S/c1-27(2,3)15-29-26(33)25-31-23(21-8-6-12-35-21)24-17-14-18(19-7-5-9-22(28)30-19)20(34-4)13-16(17)10-11-32(24)25/h5-9,12-14H,10-11,15H2,1-4H3,(H,29,33). The van der Waals surface area contributed by atoms with E-state index in [1.54, 1.807) is 30.6 Å². The average Bonchev–Trinajstić information content (AvgIpc) is 3.49. The molecule has 0 saturated heterocycles. The van der Waals surface area contributed by atoms with Crippen molar-refractivity contribution in [3.8, 4) is 38.8 Å². The van der Waals surface area contributed by atoms with Crippen molar-refractivity contribution in [2.24, 2.45) is 5.41 Å². The summed E-state index contributed by atoms with van der Waals surface area (Å²) in [5, 5.41) is 5.04. The first kappa shape index (κ1) is 23.2. The van der Waals surface area contributed by atoms with Crippen LogP contribution in [0.1, 0.15) is 37.0 Å². The largest absolute Gasteiger partial charge is 0.496 e. The number of nitrogens with one attached hydrogen (secondary N) is 1. The molecule has 8 heteroatoms. The lowest BCUT2D eigenvalue weighted by atomic mass is 9.93. The van der Waals surface area contributed by atoms with E-state index >= 15 is 0 Å². The monoisotopic (exact) mass is 490 g/mol. The Hall–Kier alpha value is -3.52. The molecule has 0 unspecified atom stereocenters. The Labute approximate surface area is 207 Å². The molecule has 180 valence electrons. The van der Waals surface area contributed by atoms with Gasteiger partial charge in [-0.15, -0.1) is 11.3 Å². The Morgan fingerprint density at radius 2 is 2.00 bits per heavy atom. The van der Waals surface area contributed by atoms with Crippen LogP contribution >= 0.6 is 11.3 Å². The minimum Gasteiger partial charge on any atom is -0.496 e. The molecule has 0 atom stereocenters. The fourth-order valence-electron chi connectivity index (χ4n) is 4.34. The van der Waals surface area contributed by atoms with Crippen LogP contribution < -0.4 is 10.1 Å². The number of ether oxygens (including phenoxy) is 1. The van der Waals surface area contributed by atoms with Gasteiger partial charge < -0.3 is 14.6 Å². The summed E-state index contributed by atoms with van der Waals surface area (Å²) in [6.45, 7) is 7.41. The number of aromatic nitrogens is 3. The van der Waals surface area contributed by atoms with Crippen molar-refractivity contribution in [3.63, 3.8) is 0 Å². The van der Waals surface area contributed by atoms with Crippen LogP contribution in [0.15, 0.2) is 47.8 Å². The second kappa shape index (κ2) is 8.92. The summed E-state index contributed by atoms with van der Waals surface area (Å²) in [4.78, 5) is 23.1. The van der Waals surface area contributed by atoms with Gasteiger partial charge in [0.25, 0.3) is 5.91 Å². The van der Waals surface area contributed by atoms with E-state index in [1.165, 1.54) is 6.07 Å². The third-order valence-electron chi connectivity index (χ3n) is 5.98. The fourth-order valence-corrected chi connectivity index (χ4v) is 5.05. The molecule has 0 spiro atoms. The van der Waals surface area contributed by atoms with Crippen LogP contribution in [0.2, 0.25) is 0 Å². The minimum absolute atomic E-state index is 0.0421. The van der Waals surface area contributed by atoms with E-state index in [-0.39, 0.29) is 11.3 Å². The van der Waals surface area contributed by atoms with Gasteiger partial charge in [-0.05, 0) is 53.1 Å². The third kappa shape index (κ3) is 4.46. The van der Waals surface area contributed by atoms with Gasteiger partial charge in [-0.1, -0.05) is 32.9 Å². The lowest BCUT2D eigenvalue weighted by molar-refractivity contribution is 0.0924. The highest BCUT2D eigenvalue weighted by Crippen LogP contribution is 2.43. The summed E-state index contributed by atoms with van der Waals surface area (Å²) < 4.78 is 21.6. The Balaban J connectivity index is 1.69. The minimum atomic E-state index is -0.551. The number of amides is 1. The molecule has 0 aliphatic carbocycles. The highest BCUT2D eigenvalue weighted by molar-refractivity contribution is 7.13. The number of fused-ring (bicyclic) bond motifs is 3. The normalized spacial score (nSPS) is 12.7. The fraction of sp³-hybridized carbons (Fsp3) is 0.296. The number of nitrogens with zero attached hydrogens (tertiary/aromatic N) is 3. The van der Waals surface area contributed by atoms with Gasteiger partial charge >= 0.3 is 0 Å². The quantitative estimate of drug-likeness (QED) is 0.358. The van der Waals surface area contributed by atoms with E-state index < -0.39 is 5.95 Å². The molecular weight excluding hydrogens is 463 g/mol. The number of methoxy groups -OCH3 is 1. The Morgan fingerprint density at radius 3 is 2.69 bits per heavy atom. The van der Waals surface area contributed by atoms with E-state index in [2.05, 4.69) is 31.1 Å². The number of imidazole rings is 1. The second-order valence-electron chi connectivity index (χ2n) is 9.81. The number of rotatable bonds is 5. The van der Waals surface area contributed by atoms with Crippen molar-refractivity contribution in [1.82, 2.24) is 19.9 Å². The molecule has 0 bridgehead atoms. The first-order valence-electron chi connectivity index (χ1n) is 11.5. The highest BCUT2D eigenvalue weighted by atomic mass is 32.1. The number of pyridine rings is 1. The maximum absolute atomic E-state index is 14.0. The number of hydrogen-bond acceptors (Lipinski definition) is 5. The van der Waals surface area contributed by atoms with E-state index in [0.717, 1.165) is 33.8 Å². The zero-order valence-corrected chi connectivity index (χ0v) is 21.0. The molecule has 3 aromatic heterocycles. The number of carbonyl (C=O) groups excluding carboxylic acids is 1. The molecule has 5 rings (SSSR count). The number of thiophene rings is 1. The number of carbonyl (C=O) groups is 1. The van der Waals surface area contributed by atoms with Gasteiger partial charge in [0, 0.05) is 24.2 Å². The number of benzene rings is 1. The van der Waals surface area contributed by atoms with Gasteiger partial charge in [-0.2, -0.15) is 4.39 Å². The van der Waals surface area contributed by atoms with Crippen molar-refractivity contribution in [1.29, 1.82) is 0 Å². The second-order valence-corrected chi connectivity index (χ2v) is 10.8. The number of halogens is 1. The topological polar surface area (TPSA) is 69.0 Å². The molecule has 1 aliphatic rings. The van der Waals surface area contributed by atoms with Crippen LogP contribution in [0.3, 0.4) is 0 Å². The zero-order valence-electron chi connectivity index (χ0n) is 20.2. The molecule has 0 radical (unpaired) electrons. The maximum Gasteiger partial charge on any atom is 0.287 e. The molecule has 1 aliphatic heterocycles. The van der Waals surface area contributed by atoms with Gasteiger partial charge in [0.15, 0.2) is 5.82 Å². The summed E-state index contributed by atoms with van der Waals surface area (Å²) >= 11 is 1.58. The van der Waals surface area contributed by atoms with Crippen LogP contribution in [0.5, 0.6) is 5.75 Å². The van der Waals surface area contributed by atoms with Gasteiger partial charge in [-0.3, -0.25) is 4.79 Å². The van der Waals surface area contributed by atoms with Crippen LogP contribution in [-0.4, -0.2) is 34.1 Å².